The lowest BCUT2D eigenvalue weighted by molar-refractivity contribution is 0.524. The molecule has 0 bridgehead atoms. The minimum Gasteiger partial charge on any atom is -0.315 e. The molecule has 0 aromatic heterocycles. The highest BCUT2D eigenvalue weighted by Gasteiger charge is 2.11. The van der Waals surface area contributed by atoms with Gasteiger partial charge in [-0.15, -0.1) is 0 Å². The van der Waals surface area contributed by atoms with Crippen molar-refractivity contribution in [3.63, 3.8) is 0 Å². The quantitative estimate of drug-likeness (QED) is 0.583. The first kappa shape index (κ1) is 9.01. The molecule has 2 heteroatoms. The number of hydrogen-bond donors (Lipinski definition) is 2. The fourth-order valence-corrected chi connectivity index (χ4v) is 1.51. The summed E-state index contributed by atoms with van der Waals surface area (Å²) < 4.78 is 0. The standard InChI is InChI=1S/C9H20N2/c1-2-3-4-6-11-9-5-7-10-8-9/h9-11H,2-8H2,1H3. The molecule has 0 amide bonds. The van der Waals surface area contributed by atoms with E-state index in [1.807, 2.05) is 0 Å². The van der Waals surface area contributed by atoms with E-state index in [9.17, 15) is 0 Å². The van der Waals surface area contributed by atoms with Crippen LogP contribution in [-0.2, 0) is 0 Å². The highest BCUT2D eigenvalue weighted by atomic mass is 15.0. The molecule has 1 unspecified atom stereocenters. The van der Waals surface area contributed by atoms with Crippen LogP contribution in [0.4, 0.5) is 0 Å². The minimum atomic E-state index is 0.756. The Morgan fingerprint density at radius 3 is 3.00 bits per heavy atom. The van der Waals surface area contributed by atoms with Gasteiger partial charge < -0.3 is 10.6 Å². The van der Waals surface area contributed by atoms with E-state index >= 15 is 0 Å². The monoisotopic (exact) mass is 156 g/mol. The normalized spacial score (nSPS) is 24.3. The summed E-state index contributed by atoms with van der Waals surface area (Å²) in [5.74, 6) is 0. The molecule has 11 heavy (non-hydrogen) atoms. The third-order valence-corrected chi connectivity index (χ3v) is 2.27. The molecule has 0 radical (unpaired) electrons. The number of unbranched alkanes of at least 4 members (excludes halogenated alkanes) is 2. The summed E-state index contributed by atoms with van der Waals surface area (Å²) in [5, 5.41) is 6.90. The number of nitrogens with one attached hydrogen (secondary N) is 2. The van der Waals surface area contributed by atoms with Gasteiger partial charge >= 0.3 is 0 Å². The second-order valence-electron chi connectivity index (χ2n) is 3.35. The second kappa shape index (κ2) is 5.56. The van der Waals surface area contributed by atoms with Gasteiger partial charge in [-0.25, -0.2) is 0 Å². The molecule has 66 valence electrons. The van der Waals surface area contributed by atoms with Crippen molar-refractivity contribution in [3.05, 3.63) is 0 Å². The van der Waals surface area contributed by atoms with Crippen molar-refractivity contribution < 1.29 is 0 Å². The maximum atomic E-state index is 3.55. The Hall–Kier alpha value is -0.0800. The molecule has 1 heterocycles. The van der Waals surface area contributed by atoms with Gasteiger partial charge in [0.2, 0.25) is 0 Å². The fourth-order valence-electron chi connectivity index (χ4n) is 1.51. The van der Waals surface area contributed by atoms with E-state index in [0.717, 1.165) is 6.04 Å². The molecule has 1 fully saturated rings. The van der Waals surface area contributed by atoms with Crippen molar-refractivity contribution >= 4 is 0 Å². The van der Waals surface area contributed by atoms with Crippen LogP contribution in [0.2, 0.25) is 0 Å². The van der Waals surface area contributed by atoms with E-state index < -0.39 is 0 Å². The van der Waals surface area contributed by atoms with Gasteiger partial charge in [-0.05, 0) is 25.9 Å². The Balaban J connectivity index is 1.86. The van der Waals surface area contributed by atoms with Crippen molar-refractivity contribution in [2.24, 2.45) is 0 Å². The number of rotatable bonds is 5. The van der Waals surface area contributed by atoms with Crippen LogP contribution in [0.3, 0.4) is 0 Å². The lowest BCUT2D eigenvalue weighted by Crippen LogP contribution is -2.31. The molecule has 0 saturated carbocycles. The van der Waals surface area contributed by atoms with E-state index in [1.54, 1.807) is 0 Å². The molecular weight excluding hydrogens is 136 g/mol. The Labute approximate surface area is 69.8 Å². The molecule has 1 aliphatic heterocycles. The zero-order valence-corrected chi connectivity index (χ0v) is 7.53. The highest BCUT2D eigenvalue weighted by molar-refractivity contribution is 4.76. The maximum Gasteiger partial charge on any atom is 0.0204 e. The lowest BCUT2D eigenvalue weighted by Gasteiger charge is -2.09. The van der Waals surface area contributed by atoms with Crippen LogP contribution in [0.25, 0.3) is 0 Å². The summed E-state index contributed by atoms with van der Waals surface area (Å²) in [4.78, 5) is 0. The largest absolute Gasteiger partial charge is 0.315 e. The molecular formula is C9H20N2. The summed E-state index contributed by atoms with van der Waals surface area (Å²) >= 11 is 0. The van der Waals surface area contributed by atoms with Crippen molar-refractivity contribution in [2.45, 2.75) is 38.6 Å². The molecule has 1 rings (SSSR count). The van der Waals surface area contributed by atoms with Gasteiger partial charge in [0, 0.05) is 12.6 Å². The molecule has 0 aliphatic carbocycles. The third kappa shape index (κ3) is 3.73. The second-order valence-corrected chi connectivity index (χ2v) is 3.35. The zero-order chi connectivity index (χ0) is 7.94. The fraction of sp³-hybridized carbons (Fsp3) is 1.00. The Morgan fingerprint density at radius 1 is 1.45 bits per heavy atom. The van der Waals surface area contributed by atoms with Crippen molar-refractivity contribution in [2.75, 3.05) is 19.6 Å². The SMILES string of the molecule is CCCCCNC1CCNC1. The van der Waals surface area contributed by atoms with E-state index in [2.05, 4.69) is 17.6 Å². The molecule has 2 N–H and O–H groups in total. The first-order valence-corrected chi connectivity index (χ1v) is 4.87. The molecule has 0 aromatic carbocycles. The predicted octanol–water partition coefficient (Wildman–Crippen LogP) is 1.13. The smallest absolute Gasteiger partial charge is 0.0204 e. The minimum absolute atomic E-state index is 0.756. The van der Waals surface area contributed by atoms with Crippen LogP contribution < -0.4 is 10.6 Å². The highest BCUT2D eigenvalue weighted by Crippen LogP contribution is 1.98. The van der Waals surface area contributed by atoms with Gasteiger partial charge in [-0.3, -0.25) is 0 Å². The maximum absolute atomic E-state index is 3.55. The van der Waals surface area contributed by atoms with E-state index in [4.69, 9.17) is 0 Å². The van der Waals surface area contributed by atoms with Gasteiger partial charge in [0.05, 0.1) is 0 Å². The van der Waals surface area contributed by atoms with Crippen LogP contribution in [0.15, 0.2) is 0 Å². The topological polar surface area (TPSA) is 24.1 Å². The lowest BCUT2D eigenvalue weighted by atomic mass is 10.2. The van der Waals surface area contributed by atoms with Gasteiger partial charge in [0.15, 0.2) is 0 Å². The zero-order valence-electron chi connectivity index (χ0n) is 7.53. The van der Waals surface area contributed by atoms with Gasteiger partial charge in [-0.1, -0.05) is 19.8 Å². The first-order valence-electron chi connectivity index (χ1n) is 4.87. The van der Waals surface area contributed by atoms with Gasteiger partial charge in [0.1, 0.15) is 0 Å². The van der Waals surface area contributed by atoms with Crippen LogP contribution in [0.5, 0.6) is 0 Å². The van der Waals surface area contributed by atoms with Crippen molar-refractivity contribution in [1.82, 2.24) is 10.6 Å². The third-order valence-electron chi connectivity index (χ3n) is 2.27. The summed E-state index contributed by atoms with van der Waals surface area (Å²) in [6, 6.07) is 0.756. The molecule has 2 nitrogen and oxygen atoms in total. The summed E-state index contributed by atoms with van der Waals surface area (Å²) in [6.07, 6.45) is 5.34. The molecule has 0 aromatic rings. The van der Waals surface area contributed by atoms with Crippen molar-refractivity contribution in [1.29, 1.82) is 0 Å². The van der Waals surface area contributed by atoms with Gasteiger partial charge in [0.25, 0.3) is 0 Å². The first-order chi connectivity index (χ1) is 5.43. The van der Waals surface area contributed by atoms with Crippen LogP contribution in [-0.4, -0.2) is 25.7 Å². The van der Waals surface area contributed by atoms with E-state index in [1.165, 1.54) is 45.3 Å². The average Bonchev–Trinajstić information content (AvgIpc) is 2.50. The molecule has 1 atom stereocenters. The molecule has 1 saturated heterocycles. The van der Waals surface area contributed by atoms with Crippen LogP contribution >= 0.6 is 0 Å². The molecule has 0 spiro atoms. The van der Waals surface area contributed by atoms with Gasteiger partial charge in [-0.2, -0.15) is 0 Å². The summed E-state index contributed by atoms with van der Waals surface area (Å²) in [6.45, 7) is 5.83. The molecule has 1 aliphatic rings. The average molecular weight is 156 g/mol. The van der Waals surface area contributed by atoms with Crippen LogP contribution in [0.1, 0.15) is 32.6 Å². The predicted molar refractivity (Wildman–Crippen MR) is 48.8 cm³/mol. The summed E-state index contributed by atoms with van der Waals surface area (Å²) in [5.41, 5.74) is 0. The number of hydrogen-bond acceptors (Lipinski definition) is 2. The Morgan fingerprint density at radius 2 is 2.36 bits per heavy atom. The van der Waals surface area contributed by atoms with E-state index in [0.29, 0.717) is 0 Å². The Bertz CT molecular complexity index is 87.6. The van der Waals surface area contributed by atoms with Crippen LogP contribution in [0, 0.1) is 0 Å². The summed E-state index contributed by atoms with van der Waals surface area (Å²) in [7, 11) is 0. The Kier molecular flexibility index (Phi) is 4.55. The van der Waals surface area contributed by atoms with Crippen molar-refractivity contribution in [3.8, 4) is 0 Å². The van der Waals surface area contributed by atoms with E-state index in [-0.39, 0.29) is 0 Å².